The van der Waals surface area contributed by atoms with E-state index in [9.17, 15) is 4.79 Å². The van der Waals surface area contributed by atoms with Crippen LogP contribution in [0.4, 0.5) is 16.3 Å². The molecule has 0 saturated carbocycles. The van der Waals surface area contributed by atoms with Gasteiger partial charge in [0.15, 0.2) is 5.82 Å². The standard InChI is InChI=1S/C25H23ClN8O/c1-34(25(35)29-17-9-11-28-12-10-17)20(13-15-5-3-2-4-6-15)24-30-21(22(26)31-24)16-7-8-18-19(14-16)32-33-23(18)27/h2-12,14,20H,13H2,1H3,(H,30,31)(H3,27,32,33)(H,28,29,35). The lowest BCUT2D eigenvalue weighted by Gasteiger charge is -2.27. The van der Waals surface area contributed by atoms with E-state index >= 15 is 0 Å². The molecule has 5 rings (SSSR count). The van der Waals surface area contributed by atoms with Gasteiger partial charge < -0.3 is 20.9 Å². The molecule has 9 nitrogen and oxygen atoms in total. The number of nitrogens with zero attached hydrogens (tertiary/aromatic N) is 4. The second-order valence-electron chi connectivity index (χ2n) is 8.14. The van der Waals surface area contributed by atoms with Gasteiger partial charge in [0.1, 0.15) is 16.7 Å². The molecule has 1 atom stereocenters. The number of carbonyl (C=O) groups excluding carboxylic acids is 1. The molecule has 10 heteroatoms. The van der Waals surface area contributed by atoms with Crippen LogP contribution in [0, 0.1) is 0 Å². The van der Waals surface area contributed by atoms with Crippen molar-refractivity contribution in [3.63, 3.8) is 0 Å². The Morgan fingerprint density at radius 3 is 2.69 bits per heavy atom. The van der Waals surface area contributed by atoms with Crippen LogP contribution in [0.1, 0.15) is 17.4 Å². The van der Waals surface area contributed by atoms with E-state index in [2.05, 4.69) is 25.5 Å². The van der Waals surface area contributed by atoms with Gasteiger partial charge in [-0.25, -0.2) is 9.78 Å². The molecule has 1 unspecified atom stereocenters. The first-order valence-corrected chi connectivity index (χ1v) is 11.3. The number of rotatable bonds is 6. The van der Waals surface area contributed by atoms with Crippen LogP contribution in [0.2, 0.25) is 5.15 Å². The summed E-state index contributed by atoms with van der Waals surface area (Å²) in [5, 5.41) is 11.1. The van der Waals surface area contributed by atoms with Crippen molar-refractivity contribution < 1.29 is 4.79 Å². The highest BCUT2D eigenvalue weighted by Gasteiger charge is 2.27. The van der Waals surface area contributed by atoms with E-state index in [1.807, 2.05) is 48.5 Å². The molecule has 0 radical (unpaired) electrons. The highest BCUT2D eigenvalue weighted by atomic mass is 35.5. The molecule has 2 aromatic carbocycles. The van der Waals surface area contributed by atoms with Gasteiger partial charge in [0.2, 0.25) is 0 Å². The van der Waals surface area contributed by atoms with Gasteiger partial charge in [0, 0.05) is 42.5 Å². The number of aromatic amines is 2. The SMILES string of the molecule is CN(C(=O)Nc1ccncc1)C(Cc1ccccc1)c1nc(-c2ccc3c(N)n[nH]c3c2)c(Cl)[nH]1. The minimum atomic E-state index is -0.406. The monoisotopic (exact) mass is 486 g/mol. The van der Waals surface area contributed by atoms with E-state index in [0.29, 0.717) is 34.6 Å². The average molecular weight is 487 g/mol. The number of fused-ring (bicyclic) bond motifs is 1. The first-order chi connectivity index (χ1) is 17.0. The Bertz CT molecular complexity index is 1470. The minimum Gasteiger partial charge on any atom is -0.382 e. The third-order valence-electron chi connectivity index (χ3n) is 5.85. The smallest absolute Gasteiger partial charge is 0.322 e. The van der Waals surface area contributed by atoms with Crippen LogP contribution in [-0.4, -0.2) is 43.1 Å². The zero-order chi connectivity index (χ0) is 24.4. The van der Waals surface area contributed by atoms with Crippen LogP contribution in [0.5, 0.6) is 0 Å². The number of pyridine rings is 1. The largest absolute Gasteiger partial charge is 0.382 e. The number of anilines is 2. The summed E-state index contributed by atoms with van der Waals surface area (Å²) in [5.74, 6) is 1.01. The maximum atomic E-state index is 13.1. The Balaban J connectivity index is 1.48. The lowest BCUT2D eigenvalue weighted by atomic mass is 10.0. The number of hydrogen-bond donors (Lipinski definition) is 4. The molecule has 5 aromatic rings. The number of likely N-dealkylation sites (N-methyl/N-ethyl adjacent to an activating group) is 1. The van der Waals surface area contributed by atoms with E-state index in [0.717, 1.165) is 22.0 Å². The number of nitrogens with two attached hydrogens (primary N) is 1. The summed E-state index contributed by atoms with van der Waals surface area (Å²) in [6.45, 7) is 0. The Kier molecular flexibility index (Phi) is 6.07. The maximum absolute atomic E-state index is 13.1. The quantitative estimate of drug-likeness (QED) is 0.267. The number of carbonyl (C=O) groups is 1. The summed E-state index contributed by atoms with van der Waals surface area (Å²) in [6.07, 6.45) is 3.79. The number of urea groups is 1. The summed E-state index contributed by atoms with van der Waals surface area (Å²) >= 11 is 6.60. The molecule has 0 saturated heterocycles. The molecule has 176 valence electrons. The molecule has 0 bridgehead atoms. The van der Waals surface area contributed by atoms with Gasteiger partial charge in [-0.2, -0.15) is 5.10 Å². The van der Waals surface area contributed by atoms with E-state index < -0.39 is 6.04 Å². The van der Waals surface area contributed by atoms with Crippen molar-refractivity contribution in [1.82, 2.24) is 30.0 Å². The van der Waals surface area contributed by atoms with Crippen molar-refractivity contribution in [2.75, 3.05) is 18.1 Å². The number of nitrogen functional groups attached to an aromatic ring is 1. The Hall–Kier alpha value is -4.37. The van der Waals surface area contributed by atoms with E-state index in [4.69, 9.17) is 22.3 Å². The minimum absolute atomic E-state index is 0.277. The highest BCUT2D eigenvalue weighted by molar-refractivity contribution is 6.32. The summed E-state index contributed by atoms with van der Waals surface area (Å²) in [5.41, 5.74) is 9.78. The number of benzene rings is 2. The fourth-order valence-corrected chi connectivity index (χ4v) is 4.20. The lowest BCUT2D eigenvalue weighted by Crippen LogP contribution is -2.36. The normalized spacial score (nSPS) is 11.9. The molecule has 2 amide bonds. The average Bonchev–Trinajstić information content (AvgIpc) is 3.45. The number of H-pyrrole nitrogens is 2. The summed E-state index contributed by atoms with van der Waals surface area (Å²) < 4.78 is 0. The molecule has 0 aliphatic rings. The van der Waals surface area contributed by atoms with Gasteiger partial charge >= 0.3 is 6.03 Å². The molecule has 0 spiro atoms. The van der Waals surface area contributed by atoms with Gasteiger partial charge in [-0.3, -0.25) is 10.1 Å². The van der Waals surface area contributed by atoms with Crippen molar-refractivity contribution in [2.45, 2.75) is 12.5 Å². The number of aromatic nitrogens is 5. The molecule has 0 aliphatic heterocycles. The van der Waals surface area contributed by atoms with Gasteiger partial charge in [0.25, 0.3) is 0 Å². The second kappa shape index (κ2) is 9.47. The topological polar surface area (TPSA) is 129 Å². The predicted molar refractivity (Wildman–Crippen MR) is 137 cm³/mol. The predicted octanol–water partition coefficient (Wildman–Crippen LogP) is 5.03. The molecule has 3 heterocycles. The fourth-order valence-electron chi connectivity index (χ4n) is 3.95. The van der Waals surface area contributed by atoms with Crippen LogP contribution in [0.3, 0.4) is 0 Å². The van der Waals surface area contributed by atoms with Gasteiger partial charge in [-0.15, -0.1) is 0 Å². The zero-order valence-corrected chi connectivity index (χ0v) is 19.6. The number of imidazole rings is 1. The number of hydrogen-bond acceptors (Lipinski definition) is 5. The third-order valence-corrected chi connectivity index (χ3v) is 6.12. The molecule has 35 heavy (non-hydrogen) atoms. The van der Waals surface area contributed by atoms with Crippen LogP contribution < -0.4 is 11.1 Å². The van der Waals surface area contributed by atoms with Crippen molar-refractivity contribution in [1.29, 1.82) is 0 Å². The Morgan fingerprint density at radius 1 is 1.14 bits per heavy atom. The second-order valence-corrected chi connectivity index (χ2v) is 8.51. The summed E-state index contributed by atoms with van der Waals surface area (Å²) in [7, 11) is 1.74. The summed E-state index contributed by atoms with van der Waals surface area (Å²) in [6, 6.07) is 18.4. The summed E-state index contributed by atoms with van der Waals surface area (Å²) in [4.78, 5) is 26.7. The molecule has 3 aromatic heterocycles. The zero-order valence-electron chi connectivity index (χ0n) is 18.9. The van der Waals surface area contributed by atoms with Crippen LogP contribution >= 0.6 is 11.6 Å². The van der Waals surface area contributed by atoms with Gasteiger partial charge in [-0.05, 0) is 29.8 Å². The number of nitrogens with one attached hydrogen (secondary N) is 3. The van der Waals surface area contributed by atoms with Crippen LogP contribution in [0.15, 0.2) is 73.1 Å². The molecular formula is C25H23ClN8O. The van der Waals surface area contributed by atoms with Crippen LogP contribution in [0.25, 0.3) is 22.2 Å². The Labute approximate surface area is 206 Å². The number of amides is 2. The van der Waals surface area contributed by atoms with Crippen LogP contribution in [-0.2, 0) is 6.42 Å². The van der Waals surface area contributed by atoms with Crippen molar-refractivity contribution in [2.24, 2.45) is 0 Å². The van der Waals surface area contributed by atoms with E-state index in [-0.39, 0.29) is 6.03 Å². The van der Waals surface area contributed by atoms with Gasteiger partial charge in [-0.1, -0.05) is 48.0 Å². The van der Waals surface area contributed by atoms with Gasteiger partial charge in [0.05, 0.1) is 11.6 Å². The van der Waals surface area contributed by atoms with E-state index in [1.165, 1.54) is 0 Å². The van der Waals surface area contributed by atoms with Crippen molar-refractivity contribution in [3.8, 4) is 11.3 Å². The fraction of sp³-hybridized carbons (Fsp3) is 0.120. The van der Waals surface area contributed by atoms with E-state index in [1.54, 1.807) is 36.5 Å². The maximum Gasteiger partial charge on any atom is 0.322 e. The number of halogens is 1. The molecule has 0 aliphatic carbocycles. The Morgan fingerprint density at radius 2 is 1.91 bits per heavy atom. The van der Waals surface area contributed by atoms with Crippen molar-refractivity contribution >= 4 is 40.0 Å². The molecule has 0 fully saturated rings. The first-order valence-electron chi connectivity index (χ1n) is 11.0. The highest BCUT2D eigenvalue weighted by Crippen LogP contribution is 2.32. The molecule has 5 N–H and O–H groups in total. The van der Waals surface area contributed by atoms with Crippen molar-refractivity contribution in [3.05, 3.63) is 89.6 Å². The third kappa shape index (κ3) is 4.67. The molecular weight excluding hydrogens is 464 g/mol. The first kappa shape index (κ1) is 22.4. The lowest BCUT2D eigenvalue weighted by molar-refractivity contribution is 0.201.